The molecule has 0 unspecified atom stereocenters. The molecule has 1 heterocycles. The van der Waals surface area contributed by atoms with Crippen molar-refractivity contribution >= 4 is 17.5 Å². The molecule has 1 fully saturated rings. The average Bonchev–Trinajstić information content (AvgIpc) is 2.66. The van der Waals surface area contributed by atoms with Crippen LogP contribution in [0.15, 0.2) is 48.5 Å². The molecule has 1 N–H and O–H groups in total. The summed E-state index contributed by atoms with van der Waals surface area (Å²) in [5.74, 6) is 0.630. The first-order chi connectivity index (χ1) is 13.0. The first-order valence-electron chi connectivity index (χ1n) is 9.51. The van der Waals surface area contributed by atoms with Crippen LogP contribution in [0.25, 0.3) is 0 Å². The van der Waals surface area contributed by atoms with Gasteiger partial charge in [-0.05, 0) is 56.0 Å². The number of ether oxygens (including phenoxy) is 1. The third-order valence-electron chi connectivity index (χ3n) is 4.99. The molecule has 2 aromatic carbocycles. The van der Waals surface area contributed by atoms with Gasteiger partial charge in [0.2, 0.25) is 0 Å². The Kier molecular flexibility index (Phi) is 6.75. The van der Waals surface area contributed by atoms with Crippen molar-refractivity contribution in [3.63, 3.8) is 0 Å². The molecule has 2 aromatic rings. The highest BCUT2D eigenvalue weighted by Gasteiger charge is 2.23. The minimum Gasteiger partial charge on any atom is -0.481 e. The summed E-state index contributed by atoms with van der Waals surface area (Å²) >= 11 is 5.97. The maximum atomic E-state index is 12.5. The average molecular weight is 387 g/mol. The normalized spacial score (nSPS) is 16.7. The Bertz CT molecular complexity index is 758. The van der Waals surface area contributed by atoms with Crippen LogP contribution in [0.2, 0.25) is 5.02 Å². The van der Waals surface area contributed by atoms with Crippen LogP contribution in [0.4, 0.5) is 0 Å². The largest absolute Gasteiger partial charge is 0.481 e. The molecule has 144 valence electrons. The third kappa shape index (κ3) is 5.72. The number of aryl methyl sites for hydroxylation is 1. The fraction of sp³-hybridized carbons (Fsp3) is 0.409. The summed E-state index contributed by atoms with van der Waals surface area (Å²) in [5, 5.41) is 3.80. The Morgan fingerprint density at radius 3 is 2.59 bits per heavy atom. The topological polar surface area (TPSA) is 41.6 Å². The van der Waals surface area contributed by atoms with Gasteiger partial charge < -0.3 is 10.1 Å². The van der Waals surface area contributed by atoms with E-state index >= 15 is 0 Å². The predicted molar refractivity (Wildman–Crippen MR) is 109 cm³/mol. The Morgan fingerprint density at radius 2 is 1.93 bits per heavy atom. The number of nitrogens with zero attached hydrogens (tertiary/aromatic N) is 1. The predicted octanol–water partition coefficient (Wildman–Crippen LogP) is 4.20. The molecule has 0 saturated carbocycles. The lowest BCUT2D eigenvalue weighted by Crippen LogP contribution is -2.47. The lowest BCUT2D eigenvalue weighted by molar-refractivity contribution is -0.128. The molecule has 5 heteroatoms. The summed E-state index contributed by atoms with van der Waals surface area (Å²) in [6.07, 6.45) is 1.39. The molecule has 1 amide bonds. The summed E-state index contributed by atoms with van der Waals surface area (Å²) in [6.45, 7) is 6.66. The number of amides is 1. The van der Waals surface area contributed by atoms with E-state index in [2.05, 4.69) is 34.5 Å². The number of piperidine rings is 1. The number of likely N-dealkylation sites (tertiary alicyclic amines) is 1. The van der Waals surface area contributed by atoms with Crippen molar-refractivity contribution in [2.75, 3.05) is 13.1 Å². The van der Waals surface area contributed by atoms with Gasteiger partial charge in [0.15, 0.2) is 6.10 Å². The first-order valence-corrected chi connectivity index (χ1v) is 9.88. The lowest BCUT2D eigenvalue weighted by atomic mass is 10.0. The van der Waals surface area contributed by atoms with Crippen molar-refractivity contribution in [1.29, 1.82) is 0 Å². The molecule has 4 nitrogen and oxygen atoms in total. The fourth-order valence-corrected chi connectivity index (χ4v) is 3.61. The minimum atomic E-state index is -0.535. The highest BCUT2D eigenvalue weighted by Crippen LogP contribution is 2.23. The van der Waals surface area contributed by atoms with Gasteiger partial charge >= 0.3 is 0 Å². The van der Waals surface area contributed by atoms with Crippen molar-refractivity contribution < 1.29 is 9.53 Å². The Balaban J connectivity index is 1.44. The van der Waals surface area contributed by atoms with Gasteiger partial charge in [-0.1, -0.05) is 41.9 Å². The minimum absolute atomic E-state index is 0.0640. The van der Waals surface area contributed by atoms with Gasteiger partial charge in [0.1, 0.15) is 5.75 Å². The second kappa shape index (κ2) is 9.25. The van der Waals surface area contributed by atoms with Crippen molar-refractivity contribution in [1.82, 2.24) is 10.2 Å². The van der Waals surface area contributed by atoms with Crippen LogP contribution in [0.1, 0.15) is 30.9 Å². The summed E-state index contributed by atoms with van der Waals surface area (Å²) in [4.78, 5) is 14.9. The monoisotopic (exact) mass is 386 g/mol. The molecule has 0 spiro atoms. The third-order valence-corrected chi connectivity index (χ3v) is 5.23. The number of carbonyl (C=O) groups is 1. The molecule has 3 rings (SSSR count). The standard InChI is InChI=1S/C22H27ClN2O2/c1-16-14-19(23)8-9-21(16)27-17(2)22(26)24-20-10-12-25(13-11-20)15-18-6-4-3-5-7-18/h3-9,14,17,20H,10-13,15H2,1-2H3,(H,24,26)/t17-/m1/s1. The van der Waals surface area contributed by atoms with Crippen molar-refractivity contribution in [2.45, 2.75) is 45.4 Å². The molecule has 0 aromatic heterocycles. The van der Waals surface area contributed by atoms with Crippen LogP contribution in [0.5, 0.6) is 5.75 Å². The van der Waals surface area contributed by atoms with E-state index in [1.807, 2.05) is 25.1 Å². The van der Waals surface area contributed by atoms with Gasteiger partial charge in [0.25, 0.3) is 5.91 Å². The number of carbonyl (C=O) groups excluding carboxylic acids is 1. The quantitative estimate of drug-likeness (QED) is 0.809. The maximum Gasteiger partial charge on any atom is 0.260 e. The van der Waals surface area contributed by atoms with Crippen LogP contribution in [0, 0.1) is 6.92 Å². The van der Waals surface area contributed by atoms with E-state index in [1.54, 1.807) is 13.0 Å². The number of hydrogen-bond acceptors (Lipinski definition) is 3. The van der Waals surface area contributed by atoms with E-state index in [0.717, 1.165) is 38.0 Å². The van der Waals surface area contributed by atoms with Gasteiger partial charge in [0.05, 0.1) is 0 Å². The van der Waals surface area contributed by atoms with Gasteiger partial charge in [-0.2, -0.15) is 0 Å². The number of nitrogens with one attached hydrogen (secondary N) is 1. The maximum absolute atomic E-state index is 12.5. The molecular formula is C22H27ClN2O2. The van der Waals surface area contributed by atoms with E-state index in [9.17, 15) is 4.79 Å². The van der Waals surface area contributed by atoms with Crippen LogP contribution in [-0.2, 0) is 11.3 Å². The zero-order valence-corrected chi connectivity index (χ0v) is 16.7. The van der Waals surface area contributed by atoms with Crippen molar-refractivity contribution in [2.24, 2.45) is 0 Å². The second-order valence-corrected chi connectivity index (χ2v) is 7.65. The number of hydrogen-bond donors (Lipinski definition) is 1. The van der Waals surface area contributed by atoms with Crippen LogP contribution < -0.4 is 10.1 Å². The van der Waals surface area contributed by atoms with Gasteiger partial charge in [-0.3, -0.25) is 9.69 Å². The number of rotatable bonds is 6. The number of halogens is 1. The Morgan fingerprint density at radius 1 is 1.22 bits per heavy atom. The van der Waals surface area contributed by atoms with Crippen LogP contribution in [0.3, 0.4) is 0 Å². The van der Waals surface area contributed by atoms with E-state index in [0.29, 0.717) is 10.8 Å². The first kappa shape index (κ1) is 19.7. The van der Waals surface area contributed by atoms with Gasteiger partial charge in [0, 0.05) is 30.7 Å². The van der Waals surface area contributed by atoms with E-state index in [4.69, 9.17) is 16.3 Å². The molecule has 0 aliphatic carbocycles. The molecule has 1 aliphatic rings. The zero-order valence-electron chi connectivity index (χ0n) is 16.0. The van der Waals surface area contributed by atoms with E-state index in [1.165, 1.54) is 5.56 Å². The van der Waals surface area contributed by atoms with E-state index in [-0.39, 0.29) is 11.9 Å². The number of benzene rings is 2. The molecular weight excluding hydrogens is 360 g/mol. The fourth-order valence-electron chi connectivity index (χ4n) is 3.38. The van der Waals surface area contributed by atoms with E-state index < -0.39 is 6.10 Å². The molecule has 1 saturated heterocycles. The summed E-state index contributed by atoms with van der Waals surface area (Å²) < 4.78 is 5.82. The zero-order chi connectivity index (χ0) is 19.2. The second-order valence-electron chi connectivity index (χ2n) is 7.21. The molecule has 0 radical (unpaired) electrons. The van der Waals surface area contributed by atoms with Gasteiger partial charge in [-0.25, -0.2) is 0 Å². The Hall–Kier alpha value is -2.04. The molecule has 0 bridgehead atoms. The highest BCUT2D eigenvalue weighted by atomic mass is 35.5. The summed E-state index contributed by atoms with van der Waals surface area (Å²) in [6, 6.07) is 16.1. The lowest BCUT2D eigenvalue weighted by Gasteiger charge is -2.33. The van der Waals surface area contributed by atoms with Crippen molar-refractivity contribution in [3.8, 4) is 5.75 Å². The van der Waals surface area contributed by atoms with Crippen LogP contribution in [-0.4, -0.2) is 36.0 Å². The smallest absolute Gasteiger partial charge is 0.260 e. The molecule has 1 atom stereocenters. The SMILES string of the molecule is Cc1cc(Cl)ccc1O[C@H](C)C(=O)NC1CCN(Cc2ccccc2)CC1. The molecule has 1 aliphatic heterocycles. The van der Waals surface area contributed by atoms with Gasteiger partial charge in [-0.15, -0.1) is 0 Å². The highest BCUT2D eigenvalue weighted by molar-refractivity contribution is 6.30. The summed E-state index contributed by atoms with van der Waals surface area (Å²) in [5.41, 5.74) is 2.26. The van der Waals surface area contributed by atoms with Crippen molar-refractivity contribution in [3.05, 3.63) is 64.7 Å². The van der Waals surface area contributed by atoms with Crippen LogP contribution >= 0.6 is 11.6 Å². The summed E-state index contributed by atoms with van der Waals surface area (Å²) in [7, 11) is 0. The molecule has 27 heavy (non-hydrogen) atoms. The Labute approximate surface area is 166 Å².